The van der Waals surface area contributed by atoms with E-state index in [4.69, 9.17) is 9.84 Å². The van der Waals surface area contributed by atoms with Crippen molar-refractivity contribution in [3.8, 4) is 0 Å². The van der Waals surface area contributed by atoms with E-state index >= 15 is 0 Å². The molecule has 4 heteroatoms. The van der Waals surface area contributed by atoms with Gasteiger partial charge in [0.05, 0.1) is 6.61 Å². The van der Waals surface area contributed by atoms with E-state index in [0.29, 0.717) is 25.3 Å². The van der Waals surface area contributed by atoms with Gasteiger partial charge in [-0.1, -0.05) is 6.92 Å². The highest BCUT2D eigenvalue weighted by Crippen LogP contribution is 2.14. The third-order valence-electron chi connectivity index (χ3n) is 1.69. The Hall–Kier alpha value is -1.06. The second kappa shape index (κ2) is 4.09. The molecule has 12 heavy (non-hydrogen) atoms. The van der Waals surface area contributed by atoms with Crippen LogP contribution in [0.25, 0.3) is 0 Å². The Morgan fingerprint density at radius 1 is 1.83 bits per heavy atom. The van der Waals surface area contributed by atoms with E-state index in [9.17, 15) is 4.79 Å². The molecule has 0 aromatic heterocycles. The van der Waals surface area contributed by atoms with Crippen LogP contribution in [-0.2, 0) is 9.53 Å². The third-order valence-corrected chi connectivity index (χ3v) is 1.69. The van der Waals surface area contributed by atoms with Crippen molar-refractivity contribution < 1.29 is 14.6 Å². The number of hydrogen-bond acceptors (Lipinski definition) is 3. The molecule has 1 aliphatic heterocycles. The van der Waals surface area contributed by atoms with Crippen molar-refractivity contribution in [1.29, 1.82) is 0 Å². The van der Waals surface area contributed by atoms with Gasteiger partial charge in [-0.25, -0.2) is 9.79 Å². The lowest BCUT2D eigenvalue weighted by molar-refractivity contribution is -0.138. The number of ether oxygens (including phenoxy) is 1. The molecule has 0 bridgehead atoms. The first-order chi connectivity index (χ1) is 5.74. The SMILES string of the molecule is CCCOC1=N[C@H](C(=O)O)CC1. The third kappa shape index (κ3) is 2.22. The van der Waals surface area contributed by atoms with E-state index in [1.54, 1.807) is 0 Å². The van der Waals surface area contributed by atoms with E-state index < -0.39 is 12.0 Å². The highest BCUT2D eigenvalue weighted by Gasteiger charge is 2.24. The summed E-state index contributed by atoms with van der Waals surface area (Å²) in [6, 6.07) is -0.572. The maximum atomic E-state index is 10.5. The average molecular weight is 171 g/mol. The molecule has 0 amide bonds. The fourth-order valence-electron chi connectivity index (χ4n) is 1.07. The van der Waals surface area contributed by atoms with Crippen molar-refractivity contribution in [2.45, 2.75) is 32.2 Å². The normalized spacial score (nSPS) is 22.1. The number of aliphatic carboxylic acids is 1. The minimum atomic E-state index is -0.856. The Labute approximate surface area is 71.3 Å². The molecule has 0 radical (unpaired) electrons. The smallest absolute Gasteiger partial charge is 0.328 e. The van der Waals surface area contributed by atoms with E-state index in [1.807, 2.05) is 6.92 Å². The van der Waals surface area contributed by atoms with Gasteiger partial charge in [-0.2, -0.15) is 0 Å². The molecule has 68 valence electrons. The summed E-state index contributed by atoms with van der Waals surface area (Å²) in [7, 11) is 0. The minimum absolute atomic E-state index is 0.572. The second-order valence-electron chi connectivity index (χ2n) is 2.76. The van der Waals surface area contributed by atoms with Crippen LogP contribution in [-0.4, -0.2) is 29.6 Å². The number of carboxylic acid groups (broad SMARTS) is 1. The van der Waals surface area contributed by atoms with Gasteiger partial charge in [-0.15, -0.1) is 0 Å². The van der Waals surface area contributed by atoms with Crippen molar-refractivity contribution in [2.75, 3.05) is 6.61 Å². The van der Waals surface area contributed by atoms with Crippen LogP contribution in [0.3, 0.4) is 0 Å². The number of aliphatic imine (C=N–C) groups is 1. The maximum Gasteiger partial charge on any atom is 0.328 e. The van der Waals surface area contributed by atoms with Crippen molar-refractivity contribution in [1.82, 2.24) is 0 Å². The number of carboxylic acids is 1. The summed E-state index contributed by atoms with van der Waals surface area (Å²) in [6.45, 7) is 2.63. The molecule has 0 aromatic carbocycles. The van der Waals surface area contributed by atoms with E-state index in [2.05, 4.69) is 4.99 Å². The Bertz CT molecular complexity index is 200. The van der Waals surface area contributed by atoms with Crippen LogP contribution < -0.4 is 0 Å². The lowest BCUT2D eigenvalue weighted by Crippen LogP contribution is -2.13. The molecule has 0 aromatic rings. The molecule has 0 aliphatic carbocycles. The van der Waals surface area contributed by atoms with Gasteiger partial charge in [0.2, 0.25) is 0 Å². The van der Waals surface area contributed by atoms with Crippen LogP contribution in [0.1, 0.15) is 26.2 Å². The molecule has 1 N–H and O–H groups in total. The van der Waals surface area contributed by atoms with E-state index in [-0.39, 0.29) is 0 Å². The highest BCUT2D eigenvalue weighted by atomic mass is 16.5. The van der Waals surface area contributed by atoms with Crippen molar-refractivity contribution in [3.05, 3.63) is 0 Å². The van der Waals surface area contributed by atoms with Crippen LogP contribution in [0.15, 0.2) is 4.99 Å². The second-order valence-corrected chi connectivity index (χ2v) is 2.76. The molecule has 1 atom stereocenters. The molecule has 0 spiro atoms. The topological polar surface area (TPSA) is 58.9 Å². The summed E-state index contributed by atoms with van der Waals surface area (Å²) in [5, 5.41) is 8.59. The monoisotopic (exact) mass is 171 g/mol. The molecular weight excluding hydrogens is 158 g/mol. The lowest BCUT2D eigenvalue weighted by Gasteiger charge is -2.00. The van der Waals surface area contributed by atoms with Crippen molar-refractivity contribution in [3.63, 3.8) is 0 Å². The van der Waals surface area contributed by atoms with Crippen LogP contribution in [0.5, 0.6) is 0 Å². The molecule has 0 fully saturated rings. The summed E-state index contributed by atoms with van der Waals surface area (Å²) in [6.07, 6.45) is 2.17. The Morgan fingerprint density at radius 2 is 2.58 bits per heavy atom. The zero-order chi connectivity index (χ0) is 8.97. The molecule has 4 nitrogen and oxygen atoms in total. The van der Waals surface area contributed by atoms with Gasteiger partial charge in [-0.3, -0.25) is 0 Å². The van der Waals surface area contributed by atoms with Crippen LogP contribution in [0, 0.1) is 0 Å². The van der Waals surface area contributed by atoms with Crippen LogP contribution in [0.2, 0.25) is 0 Å². The van der Waals surface area contributed by atoms with Gasteiger partial charge in [0.15, 0.2) is 11.9 Å². The number of hydrogen-bond donors (Lipinski definition) is 1. The predicted molar refractivity (Wildman–Crippen MR) is 44.3 cm³/mol. The van der Waals surface area contributed by atoms with Gasteiger partial charge >= 0.3 is 5.97 Å². The molecule has 1 aliphatic rings. The Balaban J connectivity index is 2.37. The van der Waals surface area contributed by atoms with E-state index in [0.717, 1.165) is 6.42 Å². The zero-order valence-electron chi connectivity index (χ0n) is 7.12. The Morgan fingerprint density at radius 3 is 3.08 bits per heavy atom. The average Bonchev–Trinajstić information content (AvgIpc) is 2.48. The summed E-state index contributed by atoms with van der Waals surface area (Å²) in [5.74, 6) is -0.255. The molecule has 0 saturated carbocycles. The number of carbonyl (C=O) groups is 1. The van der Waals surface area contributed by atoms with Gasteiger partial charge in [0.1, 0.15) is 0 Å². The fourth-order valence-corrected chi connectivity index (χ4v) is 1.07. The Kier molecular flexibility index (Phi) is 3.08. The molecule has 0 saturated heterocycles. The lowest BCUT2D eigenvalue weighted by atomic mass is 10.2. The number of rotatable bonds is 3. The molecular formula is C8H13NO3. The zero-order valence-corrected chi connectivity index (χ0v) is 7.12. The van der Waals surface area contributed by atoms with Crippen LogP contribution >= 0.6 is 0 Å². The largest absolute Gasteiger partial charge is 0.481 e. The highest BCUT2D eigenvalue weighted by molar-refractivity contribution is 5.85. The maximum absolute atomic E-state index is 10.5. The predicted octanol–water partition coefficient (Wildman–Crippen LogP) is 1.06. The van der Waals surface area contributed by atoms with Crippen molar-refractivity contribution in [2.24, 2.45) is 4.99 Å². The summed E-state index contributed by atoms with van der Waals surface area (Å²) >= 11 is 0. The molecule has 1 heterocycles. The van der Waals surface area contributed by atoms with Gasteiger partial charge in [0, 0.05) is 6.42 Å². The first-order valence-corrected chi connectivity index (χ1v) is 4.16. The van der Waals surface area contributed by atoms with E-state index in [1.165, 1.54) is 0 Å². The number of nitrogens with zero attached hydrogens (tertiary/aromatic N) is 1. The molecule has 1 rings (SSSR count). The summed E-state index contributed by atoms with van der Waals surface area (Å²) in [4.78, 5) is 14.4. The first-order valence-electron chi connectivity index (χ1n) is 4.16. The van der Waals surface area contributed by atoms with Crippen molar-refractivity contribution >= 4 is 11.9 Å². The fraction of sp³-hybridized carbons (Fsp3) is 0.750. The van der Waals surface area contributed by atoms with Gasteiger partial charge in [-0.05, 0) is 12.8 Å². The first kappa shape index (κ1) is 9.03. The van der Waals surface area contributed by atoms with Gasteiger partial charge < -0.3 is 9.84 Å². The van der Waals surface area contributed by atoms with Crippen LogP contribution in [0.4, 0.5) is 0 Å². The van der Waals surface area contributed by atoms with Gasteiger partial charge in [0.25, 0.3) is 0 Å². The standard InChI is InChI=1S/C8H13NO3/c1-2-5-12-7-4-3-6(9-7)8(10)11/h6H,2-5H2,1H3,(H,10,11)/t6-/m0/s1. The summed E-state index contributed by atoms with van der Waals surface area (Å²) < 4.78 is 5.22. The molecule has 0 unspecified atom stereocenters. The quantitative estimate of drug-likeness (QED) is 0.690. The minimum Gasteiger partial charge on any atom is -0.481 e. The summed E-state index contributed by atoms with van der Waals surface area (Å²) in [5.41, 5.74) is 0.